The minimum atomic E-state index is -0.143. The maximum absolute atomic E-state index is 13.0. The topological polar surface area (TPSA) is 67.2 Å². The van der Waals surface area contributed by atoms with E-state index in [1.165, 1.54) is 0 Å². The molecule has 2 heterocycles. The molecule has 0 radical (unpaired) electrons. The first-order valence-corrected chi connectivity index (χ1v) is 11.3. The zero-order valence-electron chi connectivity index (χ0n) is 18.5. The summed E-state index contributed by atoms with van der Waals surface area (Å²) < 4.78 is 2.00. The summed E-state index contributed by atoms with van der Waals surface area (Å²) >= 11 is 0. The van der Waals surface area contributed by atoms with Gasteiger partial charge in [-0.15, -0.1) is 0 Å². The molecule has 0 aliphatic carbocycles. The number of para-hydroxylation sites is 2. The number of imidazole rings is 1. The van der Waals surface area contributed by atoms with Crippen LogP contribution in [0.3, 0.4) is 0 Å². The maximum Gasteiger partial charge on any atom is 0.244 e. The number of benzene rings is 2. The standard InChI is InChI=1S/C26H30N4O2/c1-20-14-17-29(18-15-20)26(32)19-30-23-10-6-5-9-22(23)28-24(30)13-16-27-25(31)12-11-21-7-3-2-4-8-21/h2-12,20H,13-19H2,1H3,(H,27,31)/b12-11+. The molecule has 2 amide bonds. The first kappa shape index (κ1) is 21.8. The third-order valence-corrected chi connectivity index (χ3v) is 6.04. The van der Waals surface area contributed by atoms with Gasteiger partial charge in [-0.2, -0.15) is 0 Å². The molecule has 0 bridgehead atoms. The van der Waals surface area contributed by atoms with Gasteiger partial charge in [-0.25, -0.2) is 4.98 Å². The lowest BCUT2D eigenvalue weighted by Gasteiger charge is -2.30. The van der Waals surface area contributed by atoms with E-state index in [1.807, 2.05) is 64.1 Å². The highest BCUT2D eigenvalue weighted by molar-refractivity contribution is 5.91. The lowest BCUT2D eigenvalue weighted by molar-refractivity contribution is -0.133. The SMILES string of the molecule is CC1CCN(C(=O)Cn2c(CCNC(=O)/C=C/c3ccccc3)nc3ccccc32)CC1. The molecule has 1 aromatic heterocycles. The quantitative estimate of drug-likeness (QED) is 0.582. The number of hydrogen-bond donors (Lipinski definition) is 1. The molecular weight excluding hydrogens is 400 g/mol. The predicted molar refractivity (Wildman–Crippen MR) is 127 cm³/mol. The predicted octanol–water partition coefficient (Wildman–Crippen LogP) is 3.67. The summed E-state index contributed by atoms with van der Waals surface area (Å²) in [7, 11) is 0. The van der Waals surface area contributed by atoms with E-state index in [4.69, 9.17) is 4.98 Å². The molecule has 6 nitrogen and oxygen atoms in total. The van der Waals surface area contributed by atoms with Gasteiger partial charge in [-0.05, 0) is 42.5 Å². The van der Waals surface area contributed by atoms with Crippen LogP contribution in [0.15, 0.2) is 60.7 Å². The van der Waals surface area contributed by atoms with Gasteiger partial charge in [0.15, 0.2) is 0 Å². The summed E-state index contributed by atoms with van der Waals surface area (Å²) in [6.07, 6.45) is 6.02. The van der Waals surface area contributed by atoms with Gasteiger partial charge in [0.2, 0.25) is 11.8 Å². The molecule has 1 aliphatic rings. The normalized spacial score (nSPS) is 14.8. The number of piperidine rings is 1. The molecule has 32 heavy (non-hydrogen) atoms. The number of fused-ring (bicyclic) bond motifs is 1. The van der Waals surface area contributed by atoms with E-state index in [1.54, 1.807) is 12.2 Å². The van der Waals surface area contributed by atoms with Crippen molar-refractivity contribution in [3.8, 4) is 0 Å². The Hall–Kier alpha value is -3.41. The second-order valence-electron chi connectivity index (χ2n) is 8.45. The number of likely N-dealkylation sites (tertiary alicyclic amines) is 1. The van der Waals surface area contributed by atoms with Gasteiger partial charge in [0.05, 0.1) is 11.0 Å². The van der Waals surface area contributed by atoms with Crippen LogP contribution >= 0.6 is 0 Å². The Balaban J connectivity index is 1.40. The zero-order chi connectivity index (χ0) is 22.3. The lowest BCUT2D eigenvalue weighted by Crippen LogP contribution is -2.40. The van der Waals surface area contributed by atoms with Gasteiger partial charge >= 0.3 is 0 Å². The number of carbonyl (C=O) groups is 2. The van der Waals surface area contributed by atoms with Gasteiger partial charge in [-0.1, -0.05) is 49.4 Å². The van der Waals surface area contributed by atoms with Crippen LogP contribution in [-0.2, 0) is 22.6 Å². The Kier molecular flexibility index (Phi) is 7.00. The summed E-state index contributed by atoms with van der Waals surface area (Å²) in [5, 5.41) is 2.92. The second kappa shape index (κ2) is 10.3. The fourth-order valence-electron chi connectivity index (χ4n) is 4.08. The molecule has 4 rings (SSSR count). The van der Waals surface area contributed by atoms with E-state index in [-0.39, 0.29) is 18.4 Å². The van der Waals surface area contributed by atoms with Gasteiger partial charge in [0, 0.05) is 32.1 Å². The smallest absolute Gasteiger partial charge is 0.244 e. The molecule has 1 N–H and O–H groups in total. The molecule has 0 atom stereocenters. The first-order chi connectivity index (χ1) is 15.6. The van der Waals surface area contributed by atoms with Gasteiger partial charge in [0.25, 0.3) is 0 Å². The van der Waals surface area contributed by atoms with Gasteiger partial charge in [0.1, 0.15) is 12.4 Å². The van der Waals surface area contributed by atoms with Crippen molar-refractivity contribution in [2.75, 3.05) is 19.6 Å². The van der Waals surface area contributed by atoms with Crippen LogP contribution in [0.5, 0.6) is 0 Å². The Bertz CT molecular complexity index is 1100. The summed E-state index contributed by atoms with van der Waals surface area (Å²) in [4.78, 5) is 31.9. The number of aromatic nitrogens is 2. The highest BCUT2D eigenvalue weighted by Gasteiger charge is 2.22. The fourth-order valence-corrected chi connectivity index (χ4v) is 4.08. The van der Waals surface area contributed by atoms with Crippen LogP contribution in [0.1, 0.15) is 31.2 Å². The Morgan fingerprint density at radius 2 is 1.78 bits per heavy atom. The van der Waals surface area contributed by atoms with Crippen LogP contribution < -0.4 is 5.32 Å². The van der Waals surface area contributed by atoms with E-state index >= 15 is 0 Å². The van der Waals surface area contributed by atoms with Crippen LogP contribution in [-0.4, -0.2) is 45.9 Å². The molecule has 3 aromatic rings. The van der Waals surface area contributed by atoms with Crippen molar-refractivity contribution in [3.05, 3.63) is 72.1 Å². The fraction of sp³-hybridized carbons (Fsp3) is 0.346. The molecule has 1 aliphatic heterocycles. The molecule has 0 unspecified atom stereocenters. The third kappa shape index (κ3) is 5.44. The highest BCUT2D eigenvalue weighted by atomic mass is 16.2. The molecule has 0 saturated carbocycles. The van der Waals surface area contributed by atoms with Crippen molar-refractivity contribution < 1.29 is 9.59 Å². The number of hydrogen-bond acceptors (Lipinski definition) is 3. The average Bonchev–Trinajstić information content (AvgIpc) is 3.16. The van der Waals surface area contributed by atoms with Crippen molar-refractivity contribution >= 4 is 28.9 Å². The minimum Gasteiger partial charge on any atom is -0.352 e. The van der Waals surface area contributed by atoms with Gasteiger partial charge < -0.3 is 14.8 Å². The number of carbonyl (C=O) groups excluding carboxylic acids is 2. The van der Waals surface area contributed by atoms with E-state index < -0.39 is 0 Å². The molecule has 2 aromatic carbocycles. The minimum absolute atomic E-state index is 0.135. The van der Waals surface area contributed by atoms with Crippen LogP contribution in [0.4, 0.5) is 0 Å². The van der Waals surface area contributed by atoms with Crippen LogP contribution in [0.2, 0.25) is 0 Å². The number of nitrogens with one attached hydrogen (secondary N) is 1. The summed E-state index contributed by atoms with van der Waals surface area (Å²) in [6, 6.07) is 17.6. The van der Waals surface area contributed by atoms with E-state index in [9.17, 15) is 9.59 Å². The summed E-state index contributed by atoms with van der Waals surface area (Å²) in [6.45, 7) is 4.63. The lowest BCUT2D eigenvalue weighted by atomic mass is 9.99. The number of rotatable bonds is 7. The largest absolute Gasteiger partial charge is 0.352 e. The first-order valence-electron chi connectivity index (χ1n) is 11.3. The molecule has 1 saturated heterocycles. The van der Waals surface area contributed by atoms with E-state index in [0.717, 1.165) is 48.4 Å². The number of nitrogens with zero attached hydrogens (tertiary/aromatic N) is 3. The van der Waals surface area contributed by atoms with Crippen molar-refractivity contribution in [2.45, 2.75) is 32.7 Å². The third-order valence-electron chi connectivity index (χ3n) is 6.04. The van der Waals surface area contributed by atoms with Crippen LogP contribution in [0, 0.1) is 5.92 Å². The van der Waals surface area contributed by atoms with E-state index in [2.05, 4.69) is 12.2 Å². The number of amides is 2. The zero-order valence-corrected chi connectivity index (χ0v) is 18.5. The molecular formula is C26H30N4O2. The summed E-state index contributed by atoms with van der Waals surface area (Å²) in [5.74, 6) is 1.49. The monoisotopic (exact) mass is 430 g/mol. The van der Waals surface area contributed by atoms with Gasteiger partial charge in [-0.3, -0.25) is 9.59 Å². The molecule has 1 fully saturated rings. The van der Waals surface area contributed by atoms with Crippen molar-refractivity contribution in [1.82, 2.24) is 19.8 Å². The van der Waals surface area contributed by atoms with Crippen molar-refractivity contribution in [1.29, 1.82) is 0 Å². The second-order valence-corrected chi connectivity index (χ2v) is 8.45. The maximum atomic E-state index is 13.0. The molecule has 6 heteroatoms. The highest BCUT2D eigenvalue weighted by Crippen LogP contribution is 2.19. The van der Waals surface area contributed by atoms with E-state index in [0.29, 0.717) is 18.9 Å². The molecule has 0 spiro atoms. The Labute approximate surface area is 188 Å². The molecule has 166 valence electrons. The Morgan fingerprint density at radius 1 is 1.06 bits per heavy atom. The summed E-state index contributed by atoms with van der Waals surface area (Å²) in [5.41, 5.74) is 2.81. The van der Waals surface area contributed by atoms with Crippen molar-refractivity contribution in [3.63, 3.8) is 0 Å². The van der Waals surface area contributed by atoms with Crippen LogP contribution in [0.25, 0.3) is 17.1 Å². The van der Waals surface area contributed by atoms with Crippen molar-refractivity contribution in [2.24, 2.45) is 5.92 Å². The Morgan fingerprint density at radius 3 is 2.56 bits per heavy atom. The average molecular weight is 431 g/mol.